The van der Waals surface area contributed by atoms with Gasteiger partial charge in [0.15, 0.2) is 13.2 Å². The molecule has 5 nitrogen and oxygen atoms in total. The Kier molecular flexibility index (Phi) is 6.64. The first-order chi connectivity index (χ1) is 11.4. The van der Waals surface area contributed by atoms with Crippen molar-refractivity contribution in [3.05, 3.63) is 29.3 Å². The van der Waals surface area contributed by atoms with Crippen molar-refractivity contribution in [3.8, 4) is 5.75 Å². The summed E-state index contributed by atoms with van der Waals surface area (Å²) in [5.41, 5.74) is 2.14. The van der Waals surface area contributed by atoms with Crippen molar-refractivity contribution in [2.24, 2.45) is 5.92 Å². The number of ether oxygens (including phenoxy) is 2. The predicted molar refractivity (Wildman–Crippen MR) is 91.9 cm³/mol. The van der Waals surface area contributed by atoms with Crippen molar-refractivity contribution in [2.45, 2.75) is 52.5 Å². The molecule has 0 aromatic heterocycles. The second-order valence-electron chi connectivity index (χ2n) is 6.71. The summed E-state index contributed by atoms with van der Waals surface area (Å²) >= 11 is 0. The van der Waals surface area contributed by atoms with E-state index in [4.69, 9.17) is 9.47 Å². The lowest BCUT2D eigenvalue weighted by atomic mass is 9.86. The fourth-order valence-electron chi connectivity index (χ4n) is 3.13. The van der Waals surface area contributed by atoms with Crippen molar-refractivity contribution in [2.75, 3.05) is 13.2 Å². The number of esters is 1. The monoisotopic (exact) mass is 333 g/mol. The third kappa shape index (κ3) is 5.87. The predicted octanol–water partition coefficient (Wildman–Crippen LogP) is 2.92. The van der Waals surface area contributed by atoms with Crippen LogP contribution >= 0.6 is 0 Å². The molecule has 1 N–H and O–H groups in total. The van der Waals surface area contributed by atoms with E-state index >= 15 is 0 Å². The Balaban J connectivity index is 1.69. The zero-order valence-electron chi connectivity index (χ0n) is 14.8. The topological polar surface area (TPSA) is 64.6 Å². The molecule has 132 valence electrons. The van der Waals surface area contributed by atoms with Crippen LogP contribution < -0.4 is 10.1 Å². The van der Waals surface area contributed by atoms with E-state index in [1.54, 1.807) is 0 Å². The fraction of sp³-hybridized carbons (Fsp3) is 0.579. The van der Waals surface area contributed by atoms with Crippen molar-refractivity contribution >= 4 is 11.9 Å². The van der Waals surface area contributed by atoms with Crippen molar-refractivity contribution in [3.63, 3.8) is 0 Å². The van der Waals surface area contributed by atoms with Gasteiger partial charge in [-0.25, -0.2) is 4.79 Å². The number of nitrogens with one attached hydrogen (secondary N) is 1. The van der Waals surface area contributed by atoms with E-state index < -0.39 is 5.97 Å². The smallest absolute Gasteiger partial charge is 0.344 e. The molecule has 1 amide bonds. The van der Waals surface area contributed by atoms with Crippen molar-refractivity contribution in [1.29, 1.82) is 0 Å². The molecule has 2 atom stereocenters. The zero-order chi connectivity index (χ0) is 17.5. The van der Waals surface area contributed by atoms with Gasteiger partial charge in [0.25, 0.3) is 5.91 Å². The average molecular weight is 333 g/mol. The van der Waals surface area contributed by atoms with Crippen LogP contribution in [0.5, 0.6) is 5.75 Å². The molecule has 1 aliphatic rings. The number of rotatable bonds is 6. The van der Waals surface area contributed by atoms with Gasteiger partial charge in [-0.2, -0.15) is 0 Å². The molecule has 1 aliphatic carbocycles. The van der Waals surface area contributed by atoms with Gasteiger partial charge in [0.1, 0.15) is 5.75 Å². The van der Waals surface area contributed by atoms with Gasteiger partial charge in [-0.15, -0.1) is 0 Å². The Morgan fingerprint density at radius 3 is 2.42 bits per heavy atom. The number of hydrogen-bond donors (Lipinski definition) is 1. The minimum Gasteiger partial charge on any atom is -0.482 e. The van der Waals surface area contributed by atoms with Crippen LogP contribution in [0.1, 0.15) is 43.7 Å². The van der Waals surface area contributed by atoms with Gasteiger partial charge in [0.2, 0.25) is 0 Å². The molecule has 5 heteroatoms. The molecule has 0 unspecified atom stereocenters. The van der Waals surface area contributed by atoms with E-state index in [0.29, 0.717) is 11.7 Å². The lowest BCUT2D eigenvalue weighted by Gasteiger charge is -2.29. The van der Waals surface area contributed by atoms with Crippen LogP contribution in [-0.2, 0) is 14.3 Å². The molecular formula is C19H27NO4. The summed E-state index contributed by atoms with van der Waals surface area (Å²) in [6, 6.07) is 5.94. The minimum absolute atomic E-state index is 0.191. The van der Waals surface area contributed by atoms with Gasteiger partial charge in [0, 0.05) is 6.04 Å². The average Bonchev–Trinajstić information content (AvgIpc) is 2.52. The number of hydrogen-bond acceptors (Lipinski definition) is 4. The van der Waals surface area contributed by atoms with Gasteiger partial charge in [-0.1, -0.05) is 25.8 Å². The van der Waals surface area contributed by atoms with Gasteiger partial charge >= 0.3 is 5.97 Å². The third-order valence-electron chi connectivity index (χ3n) is 4.37. The number of benzene rings is 1. The van der Waals surface area contributed by atoms with E-state index in [1.807, 2.05) is 32.0 Å². The van der Waals surface area contributed by atoms with Crippen LogP contribution in [0.4, 0.5) is 0 Å². The maximum atomic E-state index is 11.9. The molecule has 0 aliphatic heterocycles. The molecule has 2 rings (SSSR count). The quantitative estimate of drug-likeness (QED) is 0.813. The maximum absolute atomic E-state index is 11.9. The van der Waals surface area contributed by atoms with E-state index in [2.05, 4.69) is 12.2 Å². The van der Waals surface area contributed by atoms with Crippen molar-refractivity contribution in [1.82, 2.24) is 5.32 Å². The largest absolute Gasteiger partial charge is 0.482 e. The normalized spacial score (nSPS) is 20.3. The Bertz CT molecular complexity index is 564. The summed E-state index contributed by atoms with van der Waals surface area (Å²) in [7, 11) is 0. The van der Waals surface area contributed by atoms with Gasteiger partial charge in [0.05, 0.1) is 0 Å². The van der Waals surface area contributed by atoms with E-state index in [9.17, 15) is 9.59 Å². The third-order valence-corrected chi connectivity index (χ3v) is 4.37. The first-order valence-corrected chi connectivity index (χ1v) is 8.60. The van der Waals surface area contributed by atoms with Gasteiger partial charge < -0.3 is 14.8 Å². The molecule has 0 spiro atoms. The lowest BCUT2D eigenvalue weighted by Crippen LogP contribution is -2.43. The van der Waals surface area contributed by atoms with Crippen LogP contribution in [0.2, 0.25) is 0 Å². The Hall–Kier alpha value is -2.04. The van der Waals surface area contributed by atoms with E-state index in [1.165, 1.54) is 6.42 Å². The van der Waals surface area contributed by atoms with Crippen molar-refractivity contribution < 1.29 is 19.1 Å². The molecule has 1 fully saturated rings. The van der Waals surface area contributed by atoms with Gasteiger partial charge in [-0.3, -0.25) is 4.79 Å². The van der Waals surface area contributed by atoms with E-state index in [0.717, 1.165) is 30.4 Å². The molecule has 0 heterocycles. The van der Waals surface area contributed by atoms with E-state index in [-0.39, 0.29) is 25.2 Å². The SMILES string of the molecule is Cc1cc(C)cc(OCC(=O)OCC(=O)N[C@H]2CCCC[C@@H]2C)c1. The fourth-order valence-corrected chi connectivity index (χ4v) is 3.13. The highest BCUT2D eigenvalue weighted by molar-refractivity contribution is 5.81. The van der Waals surface area contributed by atoms with Crippen LogP contribution in [0, 0.1) is 19.8 Å². The molecule has 0 bridgehead atoms. The summed E-state index contributed by atoms with van der Waals surface area (Å²) in [6.45, 7) is 5.63. The summed E-state index contributed by atoms with van der Waals surface area (Å²) in [5, 5.41) is 2.96. The summed E-state index contributed by atoms with van der Waals surface area (Å²) in [5.74, 6) is 0.325. The van der Waals surface area contributed by atoms with Crippen LogP contribution in [0.3, 0.4) is 0 Å². The Morgan fingerprint density at radius 2 is 1.75 bits per heavy atom. The molecular weight excluding hydrogens is 306 g/mol. The van der Waals surface area contributed by atoms with Crippen LogP contribution in [0.15, 0.2) is 18.2 Å². The molecule has 1 saturated carbocycles. The highest BCUT2D eigenvalue weighted by Crippen LogP contribution is 2.23. The highest BCUT2D eigenvalue weighted by Gasteiger charge is 2.23. The molecule has 0 radical (unpaired) electrons. The minimum atomic E-state index is -0.541. The summed E-state index contributed by atoms with van der Waals surface area (Å²) in [6.07, 6.45) is 4.49. The molecule has 1 aromatic rings. The second-order valence-corrected chi connectivity index (χ2v) is 6.71. The molecule has 1 aromatic carbocycles. The van der Waals surface area contributed by atoms with Crippen LogP contribution in [-0.4, -0.2) is 31.1 Å². The first kappa shape index (κ1) is 18.3. The highest BCUT2D eigenvalue weighted by atomic mass is 16.6. The summed E-state index contributed by atoms with van der Waals surface area (Å²) in [4.78, 5) is 23.6. The maximum Gasteiger partial charge on any atom is 0.344 e. The standard InChI is InChI=1S/C19H27NO4/c1-13-8-14(2)10-16(9-13)23-12-19(22)24-11-18(21)20-17-7-5-4-6-15(17)3/h8-10,15,17H,4-7,11-12H2,1-3H3,(H,20,21)/t15-,17-/m0/s1. The number of carbonyl (C=O) groups is 2. The Labute approximate surface area is 143 Å². The number of carbonyl (C=O) groups excluding carboxylic acids is 2. The lowest BCUT2D eigenvalue weighted by molar-refractivity contribution is -0.150. The first-order valence-electron chi connectivity index (χ1n) is 8.60. The zero-order valence-corrected chi connectivity index (χ0v) is 14.8. The number of amides is 1. The van der Waals surface area contributed by atoms with Crippen LogP contribution in [0.25, 0.3) is 0 Å². The number of aryl methyl sites for hydroxylation is 2. The Morgan fingerprint density at radius 1 is 1.08 bits per heavy atom. The molecule has 24 heavy (non-hydrogen) atoms. The second kappa shape index (κ2) is 8.71. The summed E-state index contributed by atoms with van der Waals surface area (Å²) < 4.78 is 10.4. The van der Waals surface area contributed by atoms with Gasteiger partial charge in [-0.05, 0) is 55.9 Å². The molecule has 0 saturated heterocycles.